The molecule has 0 fully saturated rings. The molecule has 0 aliphatic carbocycles. The Morgan fingerprint density at radius 3 is 2.48 bits per heavy atom. The van der Waals surface area contributed by atoms with E-state index in [1.54, 1.807) is 6.92 Å². The van der Waals surface area contributed by atoms with Gasteiger partial charge in [0.05, 0.1) is 23.8 Å². The van der Waals surface area contributed by atoms with Gasteiger partial charge in [-0.2, -0.15) is 0 Å². The van der Waals surface area contributed by atoms with Gasteiger partial charge in [0.1, 0.15) is 11.6 Å². The molecule has 0 saturated heterocycles. The first-order valence-corrected chi connectivity index (χ1v) is 8.39. The molecular weight excluding hydrogens is 362 g/mol. The molecule has 0 saturated carbocycles. The minimum Gasteiger partial charge on any atom is -0.481 e. The molecule has 1 aromatic rings. The van der Waals surface area contributed by atoms with E-state index >= 15 is 0 Å². The molecule has 1 aromatic carbocycles. The summed E-state index contributed by atoms with van der Waals surface area (Å²) in [5, 5.41) is 11.2. The van der Waals surface area contributed by atoms with Crippen molar-refractivity contribution in [3.8, 4) is 0 Å². The molecule has 2 rings (SSSR count). The van der Waals surface area contributed by atoms with Crippen molar-refractivity contribution in [1.82, 2.24) is 10.2 Å². The number of esters is 1. The van der Waals surface area contributed by atoms with Gasteiger partial charge in [-0.25, -0.2) is 18.4 Å². The molecule has 7 nitrogen and oxygen atoms in total. The molecule has 2 amide bonds. The van der Waals surface area contributed by atoms with Crippen LogP contribution >= 0.6 is 0 Å². The topological polar surface area (TPSA) is 95.9 Å². The number of aliphatic carboxylic acids is 1. The maximum absolute atomic E-state index is 14.3. The van der Waals surface area contributed by atoms with Gasteiger partial charge in [-0.05, 0) is 32.4 Å². The highest BCUT2D eigenvalue weighted by molar-refractivity contribution is 5.95. The largest absolute Gasteiger partial charge is 0.481 e. The normalized spacial score (nSPS) is 17.0. The number of rotatable bonds is 7. The van der Waals surface area contributed by atoms with E-state index in [0.717, 1.165) is 12.1 Å². The van der Waals surface area contributed by atoms with E-state index in [4.69, 9.17) is 9.84 Å². The van der Waals surface area contributed by atoms with Crippen LogP contribution in [-0.4, -0.2) is 41.1 Å². The van der Waals surface area contributed by atoms with E-state index in [9.17, 15) is 23.2 Å². The number of carboxylic acid groups (broad SMARTS) is 1. The predicted molar refractivity (Wildman–Crippen MR) is 90.5 cm³/mol. The Balaban J connectivity index is 2.48. The Bertz CT molecular complexity index is 774. The van der Waals surface area contributed by atoms with Crippen LogP contribution in [0.25, 0.3) is 0 Å². The molecule has 1 aliphatic heterocycles. The number of carboxylic acids is 1. The average Bonchev–Trinajstić information content (AvgIpc) is 2.57. The zero-order valence-electron chi connectivity index (χ0n) is 14.9. The third-order valence-electron chi connectivity index (χ3n) is 4.15. The first-order valence-electron chi connectivity index (χ1n) is 8.39. The van der Waals surface area contributed by atoms with Crippen molar-refractivity contribution in [2.75, 3.05) is 13.2 Å². The number of ether oxygens (including phenoxy) is 1. The molecule has 9 heteroatoms. The molecule has 0 bridgehead atoms. The van der Waals surface area contributed by atoms with Crippen LogP contribution in [0.5, 0.6) is 0 Å². The number of hydrogen-bond acceptors (Lipinski definition) is 4. The number of hydrogen-bond donors (Lipinski definition) is 2. The summed E-state index contributed by atoms with van der Waals surface area (Å²) in [5.41, 5.74) is -0.399. The maximum atomic E-state index is 14.3. The molecule has 146 valence electrons. The fourth-order valence-corrected chi connectivity index (χ4v) is 2.92. The average molecular weight is 382 g/mol. The van der Waals surface area contributed by atoms with E-state index in [-0.39, 0.29) is 37.3 Å². The number of carbonyl (C=O) groups excluding carboxylic acids is 2. The smallest absolute Gasteiger partial charge is 0.338 e. The van der Waals surface area contributed by atoms with Gasteiger partial charge in [0.15, 0.2) is 0 Å². The Morgan fingerprint density at radius 2 is 1.93 bits per heavy atom. The summed E-state index contributed by atoms with van der Waals surface area (Å²) in [7, 11) is 0. The lowest BCUT2D eigenvalue weighted by molar-refractivity contribution is -0.139. The summed E-state index contributed by atoms with van der Waals surface area (Å²) in [6.07, 6.45) is -0.0217. The monoisotopic (exact) mass is 382 g/mol. The molecule has 0 spiro atoms. The zero-order chi connectivity index (χ0) is 20.1. The molecule has 0 aromatic heterocycles. The van der Waals surface area contributed by atoms with Crippen molar-refractivity contribution in [2.24, 2.45) is 0 Å². The molecule has 1 atom stereocenters. The number of benzene rings is 1. The number of nitrogens with zero attached hydrogens (tertiary/aromatic N) is 1. The fraction of sp³-hybridized carbons (Fsp3) is 0.389. The number of halogens is 2. The summed E-state index contributed by atoms with van der Waals surface area (Å²) in [5.74, 6) is -3.65. The first-order chi connectivity index (χ1) is 12.8. The van der Waals surface area contributed by atoms with Crippen LogP contribution in [0.15, 0.2) is 29.5 Å². The minimum absolute atomic E-state index is 0.0271. The highest BCUT2D eigenvalue weighted by Gasteiger charge is 2.38. The molecule has 2 N–H and O–H groups in total. The Hall–Kier alpha value is -2.97. The van der Waals surface area contributed by atoms with Crippen molar-refractivity contribution in [1.29, 1.82) is 0 Å². The Kier molecular flexibility index (Phi) is 6.49. The van der Waals surface area contributed by atoms with E-state index in [1.165, 1.54) is 17.9 Å². The van der Waals surface area contributed by atoms with Crippen molar-refractivity contribution in [3.05, 3.63) is 46.7 Å². The number of urea groups is 1. The van der Waals surface area contributed by atoms with Gasteiger partial charge in [-0.3, -0.25) is 9.69 Å². The third kappa shape index (κ3) is 4.42. The lowest BCUT2D eigenvalue weighted by Gasteiger charge is -2.35. The summed E-state index contributed by atoms with van der Waals surface area (Å²) in [6, 6.07) is 1.20. The molecule has 0 unspecified atom stereocenters. The van der Waals surface area contributed by atoms with Crippen LogP contribution in [0.4, 0.5) is 13.6 Å². The molecule has 1 heterocycles. The summed E-state index contributed by atoms with van der Waals surface area (Å²) in [4.78, 5) is 36.8. The van der Waals surface area contributed by atoms with Crippen molar-refractivity contribution in [3.63, 3.8) is 0 Å². The highest BCUT2D eigenvalue weighted by atomic mass is 19.1. The first kappa shape index (κ1) is 20.3. The van der Waals surface area contributed by atoms with Crippen LogP contribution in [0.3, 0.4) is 0 Å². The fourth-order valence-electron chi connectivity index (χ4n) is 2.92. The predicted octanol–water partition coefficient (Wildman–Crippen LogP) is 2.73. The molecular formula is C18H20F2N2O5. The zero-order valence-corrected chi connectivity index (χ0v) is 14.9. The van der Waals surface area contributed by atoms with Crippen LogP contribution in [0.1, 0.15) is 38.3 Å². The number of carbonyl (C=O) groups is 3. The Morgan fingerprint density at radius 1 is 1.30 bits per heavy atom. The van der Waals surface area contributed by atoms with Crippen molar-refractivity contribution < 1.29 is 33.0 Å². The van der Waals surface area contributed by atoms with Gasteiger partial charge < -0.3 is 15.2 Å². The second-order valence-corrected chi connectivity index (χ2v) is 5.89. The van der Waals surface area contributed by atoms with Gasteiger partial charge in [-0.15, -0.1) is 0 Å². The van der Waals surface area contributed by atoms with Gasteiger partial charge in [0, 0.05) is 18.7 Å². The highest BCUT2D eigenvalue weighted by Crippen LogP contribution is 2.34. The second-order valence-electron chi connectivity index (χ2n) is 5.89. The maximum Gasteiger partial charge on any atom is 0.338 e. The number of allylic oxidation sites excluding steroid dienone is 1. The van der Waals surface area contributed by atoms with Crippen molar-refractivity contribution in [2.45, 2.75) is 32.7 Å². The lowest BCUT2D eigenvalue weighted by Crippen LogP contribution is -2.48. The second kappa shape index (κ2) is 8.61. The number of amides is 2. The van der Waals surface area contributed by atoms with Gasteiger partial charge in [-0.1, -0.05) is 6.07 Å². The van der Waals surface area contributed by atoms with Crippen LogP contribution in [0.2, 0.25) is 0 Å². The van der Waals surface area contributed by atoms with Crippen LogP contribution in [0, 0.1) is 11.6 Å². The van der Waals surface area contributed by atoms with Crippen molar-refractivity contribution >= 4 is 18.0 Å². The van der Waals surface area contributed by atoms with Gasteiger partial charge in [0.2, 0.25) is 0 Å². The van der Waals surface area contributed by atoms with E-state index < -0.39 is 41.2 Å². The Labute approximate surface area is 154 Å². The molecule has 0 radical (unpaired) electrons. The minimum atomic E-state index is -1.35. The van der Waals surface area contributed by atoms with Gasteiger partial charge in [0.25, 0.3) is 0 Å². The van der Waals surface area contributed by atoms with Gasteiger partial charge >= 0.3 is 18.0 Å². The van der Waals surface area contributed by atoms with Crippen LogP contribution in [-0.2, 0) is 14.3 Å². The van der Waals surface area contributed by atoms with E-state index in [0.29, 0.717) is 0 Å². The number of nitrogens with one attached hydrogen (secondary N) is 1. The van der Waals surface area contributed by atoms with E-state index in [1.807, 2.05) is 0 Å². The summed E-state index contributed by atoms with van der Waals surface area (Å²) < 4.78 is 33.5. The molecule has 1 aliphatic rings. The van der Waals surface area contributed by atoms with Crippen LogP contribution < -0.4 is 5.32 Å². The molecule has 27 heavy (non-hydrogen) atoms. The lowest BCUT2D eigenvalue weighted by atomic mass is 9.94. The van der Waals surface area contributed by atoms with E-state index in [2.05, 4.69) is 5.32 Å². The summed E-state index contributed by atoms with van der Waals surface area (Å²) in [6.45, 7) is 3.10. The third-order valence-corrected chi connectivity index (χ3v) is 4.15. The summed E-state index contributed by atoms with van der Waals surface area (Å²) >= 11 is 0. The SMILES string of the molecule is CCOC(=O)C1=C(C)N(CCCC(=O)O)C(=O)N[C@H]1c1c(F)cccc1F. The standard InChI is InChI=1S/C18H20F2N2O5/c1-3-27-17(25)14-10(2)22(9-5-8-13(23)24)18(26)21-16(14)15-11(19)6-4-7-12(15)20/h4,6-7,16H,3,5,8-9H2,1-2H3,(H,21,26)(H,23,24)/t16-/m1/s1. The quantitative estimate of drug-likeness (QED) is 0.707.